The van der Waals surface area contributed by atoms with Crippen molar-refractivity contribution in [3.8, 4) is 0 Å². The minimum atomic E-state index is -1.11. The first-order valence-corrected chi connectivity index (χ1v) is 8.02. The smallest absolute Gasteiger partial charge is 0.337 e. The first-order valence-electron chi connectivity index (χ1n) is 7.27. The third-order valence-electron chi connectivity index (χ3n) is 3.74. The molecule has 0 atom stereocenters. The molecule has 7 heteroatoms. The summed E-state index contributed by atoms with van der Waals surface area (Å²) in [4.78, 5) is 28.0. The highest BCUT2D eigenvalue weighted by Crippen LogP contribution is 2.26. The van der Waals surface area contributed by atoms with Crippen LogP contribution >= 0.6 is 23.2 Å². The van der Waals surface area contributed by atoms with Crippen LogP contribution in [0, 0.1) is 6.92 Å². The fourth-order valence-corrected chi connectivity index (χ4v) is 2.89. The number of fused-ring (bicyclic) bond motifs is 1. The Balaban J connectivity index is 2.13. The highest BCUT2D eigenvalue weighted by molar-refractivity contribution is 6.37. The van der Waals surface area contributed by atoms with E-state index in [0.29, 0.717) is 32.5 Å². The topological polar surface area (TPSA) is 71.7 Å². The second kappa shape index (κ2) is 6.70. The van der Waals surface area contributed by atoms with Gasteiger partial charge in [0.15, 0.2) is 0 Å². The van der Waals surface area contributed by atoms with Crippen LogP contribution in [-0.4, -0.2) is 20.5 Å². The lowest BCUT2D eigenvalue weighted by molar-refractivity contribution is 0.0696. The van der Waals surface area contributed by atoms with Crippen molar-refractivity contribution >= 4 is 47.0 Å². The Bertz CT molecular complexity index is 1070. The summed E-state index contributed by atoms with van der Waals surface area (Å²) in [6.45, 7) is 1.63. The van der Waals surface area contributed by atoms with E-state index >= 15 is 0 Å². The molecule has 0 fully saturated rings. The van der Waals surface area contributed by atoms with Crippen molar-refractivity contribution in [2.75, 3.05) is 0 Å². The number of pyridine rings is 1. The average molecular weight is 375 g/mol. The highest BCUT2D eigenvalue weighted by Gasteiger charge is 2.10. The molecule has 0 aliphatic carbocycles. The van der Waals surface area contributed by atoms with E-state index in [1.165, 1.54) is 22.7 Å². The van der Waals surface area contributed by atoms with Gasteiger partial charge in [-0.1, -0.05) is 29.3 Å². The zero-order valence-electron chi connectivity index (χ0n) is 13.0. The summed E-state index contributed by atoms with van der Waals surface area (Å²) in [6.07, 6.45) is 4.62. The molecule has 3 rings (SSSR count). The molecule has 3 aromatic rings. The molecule has 0 bridgehead atoms. The SMILES string of the molecule is Cc1c(/C=C/c2c(Cl)cccc2Cl)nc2ccc(C(=O)O)cn2c1=O. The first kappa shape index (κ1) is 17.2. The molecule has 5 nitrogen and oxygen atoms in total. The van der Waals surface area contributed by atoms with E-state index in [2.05, 4.69) is 4.98 Å². The lowest BCUT2D eigenvalue weighted by atomic mass is 10.1. The number of halogens is 2. The second-order valence-electron chi connectivity index (χ2n) is 5.35. The zero-order chi connectivity index (χ0) is 18.1. The molecule has 0 amide bonds. The maximum Gasteiger partial charge on any atom is 0.337 e. The molecule has 1 N–H and O–H groups in total. The van der Waals surface area contributed by atoms with Crippen LogP contribution in [0.4, 0.5) is 0 Å². The van der Waals surface area contributed by atoms with Crippen molar-refractivity contribution in [2.45, 2.75) is 6.92 Å². The number of carbonyl (C=O) groups is 1. The van der Waals surface area contributed by atoms with Crippen molar-refractivity contribution in [1.82, 2.24) is 9.38 Å². The standard InChI is InChI=1S/C18H12Cl2N2O3/c1-10-15(7-6-12-13(19)3-2-4-14(12)20)21-16-8-5-11(18(24)25)9-22(16)17(10)23/h2-9H,1H3,(H,24,25)/b7-6+. The molecule has 25 heavy (non-hydrogen) atoms. The predicted octanol–water partition coefficient (Wildman–Crippen LogP) is 4.18. The Morgan fingerprint density at radius 1 is 1.16 bits per heavy atom. The molecule has 2 aromatic heterocycles. The lowest BCUT2D eigenvalue weighted by Crippen LogP contribution is -2.20. The van der Waals surface area contributed by atoms with Gasteiger partial charge in [-0.15, -0.1) is 0 Å². The number of hydrogen-bond acceptors (Lipinski definition) is 3. The Morgan fingerprint density at radius 3 is 2.48 bits per heavy atom. The number of hydrogen-bond donors (Lipinski definition) is 1. The number of aromatic carboxylic acids is 1. The largest absolute Gasteiger partial charge is 0.478 e. The third-order valence-corrected chi connectivity index (χ3v) is 4.40. The maximum atomic E-state index is 12.5. The van der Waals surface area contributed by atoms with Crippen LogP contribution in [0.25, 0.3) is 17.8 Å². The summed E-state index contributed by atoms with van der Waals surface area (Å²) in [7, 11) is 0. The van der Waals surface area contributed by atoms with E-state index in [9.17, 15) is 9.59 Å². The number of benzene rings is 1. The van der Waals surface area contributed by atoms with Gasteiger partial charge in [0.1, 0.15) is 5.65 Å². The van der Waals surface area contributed by atoms with Crippen molar-refractivity contribution in [3.05, 3.63) is 79.3 Å². The van der Waals surface area contributed by atoms with Crippen LogP contribution < -0.4 is 5.56 Å². The maximum absolute atomic E-state index is 12.5. The monoisotopic (exact) mass is 374 g/mol. The van der Waals surface area contributed by atoms with E-state index < -0.39 is 5.97 Å². The lowest BCUT2D eigenvalue weighted by Gasteiger charge is -2.06. The van der Waals surface area contributed by atoms with E-state index in [-0.39, 0.29) is 11.1 Å². The van der Waals surface area contributed by atoms with Crippen LogP contribution in [0.2, 0.25) is 10.0 Å². The Hall–Kier alpha value is -2.63. The minimum absolute atomic E-state index is 0.0157. The molecule has 0 saturated carbocycles. The van der Waals surface area contributed by atoms with Crippen LogP contribution in [0.1, 0.15) is 27.2 Å². The number of aromatic nitrogens is 2. The molecule has 0 unspecified atom stereocenters. The van der Waals surface area contributed by atoms with Gasteiger partial charge in [0, 0.05) is 27.4 Å². The highest BCUT2D eigenvalue weighted by atomic mass is 35.5. The number of carboxylic acid groups (broad SMARTS) is 1. The molecule has 0 radical (unpaired) electrons. The Morgan fingerprint density at radius 2 is 1.84 bits per heavy atom. The van der Waals surface area contributed by atoms with Gasteiger partial charge in [-0.3, -0.25) is 9.20 Å². The minimum Gasteiger partial charge on any atom is -0.478 e. The first-order chi connectivity index (χ1) is 11.9. The Kier molecular flexibility index (Phi) is 4.61. The summed E-state index contributed by atoms with van der Waals surface area (Å²) in [5.41, 5.74) is 1.52. The van der Waals surface area contributed by atoms with Crippen LogP contribution in [0.15, 0.2) is 41.3 Å². The van der Waals surface area contributed by atoms with Crippen LogP contribution in [0.3, 0.4) is 0 Å². The Labute approximate surface area is 152 Å². The second-order valence-corrected chi connectivity index (χ2v) is 6.16. The van der Waals surface area contributed by atoms with Gasteiger partial charge < -0.3 is 5.11 Å². The van der Waals surface area contributed by atoms with Crippen LogP contribution in [0.5, 0.6) is 0 Å². The van der Waals surface area contributed by atoms with Gasteiger partial charge in [-0.2, -0.15) is 0 Å². The van der Waals surface area contributed by atoms with Gasteiger partial charge in [-0.25, -0.2) is 9.78 Å². The molecule has 0 aliphatic heterocycles. The summed E-state index contributed by atoms with van der Waals surface area (Å²) in [5.74, 6) is -1.11. The molecule has 2 heterocycles. The van der Waals surface area contributed by atoms with E-state index in [4.69, 9.17) is 28.3 Å². The van der Waals surface area contributed by atoms with Crippen molar-refractivity contribution in [3.63, 3.8) is 0 Å². The van der Waals surface area contributed by atoms with Crippen molar-refractivity contribution < 1.29 is 9.90 Å². The van der Waals surface area contributed by atoms with Crippen molar-refractivity contribution in [2.24, 2.45) is 0 Å². The van der Waals surface area contributed by atoms with Gasteiger partial charge in [-0.05, 0) is 43.3 Å². The third kappa shape index (κ3) is 3.29. The predicted molar refractivity (Wildman–Crippen MR) is 98.5 cm³/mol. The van der Waals surface area contributed by atoms with E-state index in [0.717, 1.165) is 0 Å². The average Bonchev–Trinajstić information content (AvgIpc) is 2.58. The summed E-state index contributed by atoms with van der Waals surface area (Å²) in [5, 5.41) is 10.0. The van der Waals surface area contributed by atoms with Crippen LogP contribution in [-0.2, 0) is 0 Å². The molecular weight excluding hydrogens is 363 g/mol. The van der Waals surface area contributed by atoms with Gasteiger partial charge in [0.25, 0.3) is 5.56 Å². The van der Waals surface area contributed by atoms with E-state index in [1.807, 2.05) is 0 Å². The van der Waals surface area contributed by atoms with Gasteiger partial charge in [0.2, 0.25) is 0 Å². The van der Waals surface area contributed by atoms with E-state index in [1.54, 1.807) is 37.3 Å². The molecular formula is C18H12Cl2N2O3. The fourth-order valence-electron chi connectivity index (χ4n) is 2.37. The molecule has 0 saturated heterocycles. The van der Waals surface area contributed by atoms with Gasteiger partial charge >= 0.3 is 5.97 Å². The summed E-state index contributed by atoms with van der Waals surface area (Å²) < 4.78 is 1.22. The quantitative estimate of drug-likeness (QED) is 0.746. The van der Waals surface area contributed by atoms with Crippen molar-refractivity contribution in [1.29, 1.82) is 0 Å². The normalized spacial score (nSPS) is 11.3. The number of carboxylic acids is 1. The summed E-state index contributed by atoms with van der Waals surface area (Å²) in [6, 6.07) is 8.07. The molecule has 1 aromatic carbocycles. The zero-order valence-corrected chi connectivity index (χ0v) is 14.5. The number of rotatable bonds is 3. The number of nitrogens with zero attached hydrogens (tertiary/aromatic N) is 2. The summed E-state index contributed by atoms with van der Waals surface area (Å²) >= 11 is 12.3. The van der Waals surface area contributed by atoms with Gasteiger partial charge in [0.05, 0.1) is 11.3 Å². The molecule has 0 spiro atoms. The molecule has 126 valence electrons. The molecule has 0 aliphatic rings. The fraction of sp³-hybridized carbons (Fsp3) is 0.0556.